The van der Waals surface area contributed by atoms with Crippen molar-refractivity contribution >= 4 is 6.34 Å². The number of nitrogens with zero attached hydrogens (tertiary/aromatic N) is 3. The molecule has 14 heavy (non-hydrogen) atoms. The molecule has 0 aromatic rings. The van der Waals surface area contributed by atoms with Gasteiger partial charge >= 0.3 is 0 Å². The van der Waals surface area contributed by atoms with Gasteiger partial charge in [0, 0.05) is 18.0 Å². The summed E-state index contributed by atoms with van der Waals surface area (Å²) in [6, 6.07) is 0. The third-order valence-corrected chi connectivity index (χ3v) is 2.52. The van der Waals surface area contributed by atoms with Gasteiger partial charge in [-0.25, -0.2) is 0 Å². The van der Waals surface area contributed by atoms with Crippen LogP contribution < -0.4 is 0 Å². The van der Waals surface area contributed by atoms with Crippen LogP contribution in [0.3, 0.4) is 0 Å². The first-order chi connectivity index (χ1) is 6.14. The number of hydrogen-bond acceptors (Lipinski definition) is 3. The van der Waals surface area contributed by atoms with Crippen LogP contribution in [0.25, 0.3) is 0 Å². The molecule has 0 fully saturated rings. The van der Waals surface area contributed by atoms with E-state index in [2.05, 4.69) is 51.5 Å². The minimum atomic E-state index is 0.131. The lowest BCUT2D eigenvalue weighted by atomic mass is 9.89. The fraction of sp³-hybridized carbons (Fsp3) is 0.909. The summed E-state index contributed by atoms with van der Waals surface area (Å²) < 4.78 is 0. The molecular formula is C11H23N3. The maximum atomic E-state index is 4.37. The van der Waals surface area contributed by atoms with E-state index < -0.39 is 0 Å². The van der Waals surface area contributed by atoms with Crippen LogP contribution >= 0.6 is 0 Å². The fourth-order valence-electron chi connectivity index (χ4n) is 1.96. The summed E-state index contributed by atoms with van der Waals surface area (Å²) in [6.07, 6.45) is 2.30. The third kappa shape index (κ3) is 2.02. The van der Waals surface area contributed by atoms with Gasteiger partial charge in [-0.1, -0.05) is 20.8 Å². The van der Waals surface area contributed by atoms with E-state index in [1.165, 1.54) is 0 Å². The summed E-state index contributed by atoms with van der Waals surface area (Å²) in [4.78, 5) is 2.33. The predicted molar refractivity (Wildman–Crippen MR) is 61.1 cm³/mol. The van der Waals surface area contributed by atoms with Crippen LogP contribution in [0.2, 0.25) is 0 Å². The first kappa shape index (κ1) is 11.3. The van der Waals surface area contributed by atoms with Gasteiger partial charge in [0.25, 0.3) is 0 Å². The first-order valence-corrected chi connectivity index (χ1v) is 5.19. The van der Waals surface area contributed by atoms with Crippen molar-refractivity contribution < 1.29 is 0 Å². The van der Waals surface area contributed by atoms with Gasteiger partial charge in [-0.15, -0.1) is 0 Å². The summed E-state index contributed by atoms with van der Waals surface area (Å²) in [5, 5.41) is 6.41. The van der Waals surface area contributed by atoms with Gasteiger partial charge in [0.2, 0.25) is 0 Å². The summed E-state index contributed by atoms with van der Waals surface area (Å²) in [6.45, 7) is 13.4. The normalized spacial score (nSPS) is 23.5. The van der Waals surface area contributed by atoms with Crippen molar-refractivity contribution in [3.63, 3.8) is 0 Å². The average molecular weight is 197 g/mol. The minimum Gasteiger partial charge on any atom is -0.334 e. The lowest BCUT2D eigenvalue weighted by molar-refractivity contribution is 0.0132. The van der Waals surface area contributed by atoms with Gasteiger partial charge in [0.05, 0.1) is 0 Å². The van der Waals surface area contributed by atoms with Gasteiger partial charge in [-0.3, -0.25) is 5.01 Å². The highest BCUT2D eigenvalue weighted by Crippen LogP contribution is 2.33. The lowest BCUT2D eigenvalue weighted by Gasteiger charge is -2.44. The van der Waals surface area contributed by atoms with Crippen molar-refractivity contribution in [2.24, 2.45) is 10.5 Å². The maximum Gasteiger partial charge on any atom is 0.124 e. The minimum absolute atomic E-state index is 0.131. The largest absolute Gasteiger partial charge is 0.334 e. The van der Waals surface area contributed by atoms with Gasteiger partial charge < -0.3 is 4.90 Å². The topological polar surface area (TPSA) is 18.8 Å². The SMILES string of the molecule is CN1N=CN(C(C)(C)C)C1C(C)(C)C. The quantitative estimate of drug-likeness (QED) is 0.593. The van der Waals surface area contributed by atoms with Crippen LogP contribution in [0.15, 0.2) is 5.10 Å². The molecular weight excluding hydrogens is 174 g/mol. The van der Waals surface area contributed by atoms with Crippen LogP contribution in [0.5, 0.6) is 0 Å². The second-order valence-electron chi connectivity index (χ2n) is 6.12. The zero-order valence-electron chi connectivity index (χ0n) is 10.5. The molecule has 0 bridgehead atoms. The zero-order chi connectivity index (χ0) is 11.1. The number of hydrogen-bond donors (Lipinski definition) is 0. The van der Waals surface area contributed by atoms with Gasteiger partial charge in [0.1, 0.15) is 12.5 Å². The lowest BCUT2D eigenvalue weighted by Crippen LogP contribution is -2.54. The van der Waals surface area contributed by atoms with E-state index in [-0.39, 0.29) is 11.0 Å². The molecule has 82 valence electrons. The number of rotatable bonds is 0. The van der Waals surface area contributed by atoms with Gasteiger partial charge in [-0.05, 0) is 20.8 Å². The highest BCUT2D eigenvalue weighted by Gasteiger charge is 2.40. The molecule has 3 nitrogen and oxygen atoms in total. The molecule has 1 aliphatic heterocycles. The molecule has 0 spiro atoms. The van der Waals surface area contributed by atoms with E-state index in [0.29, 0.717) is 6.17 Å². The molecule has 0 aromatic carbocycles. The highest BCUT2D eigenvalue weighted by atomic mass is 15.6. The zero-order valence-corrected chi connectivity index (χ0v) is 10.5. The Morgan fingerprint density at radius 3 is 1.86 bits per heavy atom. The second kappa shape index (κ2) is 3.14. The predicted octanol–water partition coefficient (Wildman–Crippen LogP) is 2.35. The fourth-order valence-corrected chi connectivity index (χ4v) is 1.96. The van der Waals surface area contributed by atoms with Crippen LogP contribution in [0.4, 0.5) is 0 Å². The summed E-state index contributed by atoms with van der Waals surface area (Å²) in [5.41, 5.74) is 0.338. The highest BCUT2D eigenvalue weighted by molar-refractivity contribution is 5.58. The van der Waals surface area contributed by atoms with E-state index in [4.69, 9.17) is 0 Å². The molecule has 0 amide bonds. The second-order valence-corrected chi connectivity index (χ2v) is 6.12. The van der Waals surface area contributed by atoms with Crippen LogP contribution in [-0.4, -0.2) is 35.0 Å². The molecule has 1 aliphatic rings. The van der Waals surface area contributed by atoms with Crippen molar-refractivity contribution in [3.05, 3.63) is 0 Å². The molecule has 0 radical (unpaired) electrons. The average Bonchev–Trinajstić information content (AvgIpc) is 2.27. The molecule has 0 aromatic heterocycles. The Morgan fingerprint density at radius 2 is 1.57 bits per heavy atom. The van der Waals surface area contributed by atoms with Gasteiger partial charge in [-0.2, -0.15) is 5.10 Å². The van der Waals surface area contributed by atoms with E-state index >= 15 is 0 Å². The molecule has 0 saturated heterocycles. The maximum absolute atomic E-state index is 4.37. The monoisotopic (exact) mass is 197 g/mol. The molecule has 1 rings (SSSR count). The standard InChI is InChI=1S/C11H23N3/c1-10(2,3)9-13(7)12-8-14(9)11(4,5)6/h8-9H,1-7H3. The Hall–Kier alpha value is -0.730. The summed E-state index contributed by atoms with van der Waals surface area (Å²) >= 11 is 0. The van der Waals surface area contributed by atoms with E-state index in [0.717, 1.165) is 0 Å². The van der Waals surface area contributed by atoms with Crippen molar-refractivity contribution in [1.29, 1.82) is 0 Å². The summed E-state index contributed by atoms with van der Waals surface area (Å²) in [5.74, 6) is 0. The van der Waals surface area contributed by atoms with Crippen LogP contribution in [0.1, 0.15) is 41.5 Å². The first-order valence-electron chi connectivity index (χ1n) is 5.19. The van der Waals surface area contributed by atoms with E-state index in [9.17, 15) is 0 Å². The van der Waals surface area contributed by atoms with Crippen LogP contribution in [-0.2, 0) is 0 Å². The third-order valence-electron chi connectivity index (χ3n) is 2.52. The Morgan fingerprint density at radius 1 is 1.07 bits per heavy atom. The molecule has 0 N–H and O–H groups in total. The molecule has 1 atom stereocenters. The number of hydrazone groups is 1. The molecule has 0 aliphatic carbocycles. The Balaban J connectivity index is 2.93. The van der Waals surface area contributed by atoms with Crippen LogP contribution in [0, 0.1) is 5.41 Å². The van der Waals surface area contributed by atoms with E-state index in [1.54, 1.807) is 0 Å². The van der Waals surface area contributed by atoms with E-state index in [1.807, 2.05) is 18.4 Å². The van der Waals surface area contributed by atoms with Crippen molar-refractivity contribution in [3.8, 4) is 0 Å². The molecule has 0 saturated carbocycles. The van der Waals surface area contributed by atoms with Crippen molar-refractivity contribution in [2.75, 3.05) is 7.05 Å². The Labute approximate surface area is 87.8 Å². The van der Waals surface area contributed by atoms with Crippen molar-refractivity contribution in [1.82, 2.24) is 9.91 Å². The Kier molecular flexibility index (Phi) is 2.55. The Bertz CT molecular complexity index is 232. The molecule has 1 heterocycles. The van der Waals surface area contributed by atoms with Crippen molar-refractivity contribution in [2.45, 2.75) is 53.2 Å². The molecule has 3 heteroatoms. The van der Waals surface area contributed by atoms with Gasteiger partial charge in [0.15, 0.2) is 0 Å². The molecule has 1 unspecified atom stereocenters. The summed E-state index contributed by atoms with van der Waals surface area (Å²) in [7, 11) is 2.04. The smallest absolute Gasteiger partial charge is 0.124 e.